The summed E-state index contributed by atoms with van der Waals surface area (Å²) < 4.78 is 0. The van der Waals surface area contributed by atoms with Gasteiger partial charge in [0.25, 0.3) is 5.95 Å². The van der Waals surface area contributed by atoms with E-state index >= 15 is 0 Å². The molecule has 0 fully saturated rings. The van der Waals surface area contributed by atoms with Gasteiger partial charge in [-0.2, -0.15) is 0 Å². The maximum absolute atomic E-state index is 10.3. The predicted molar refractivity (Wildman–Crippen MR) is 38.2 cm³/mol. The Morgan fingerprint density at radius 3 is 1.85 bits per heavy atom. The van der Waals surface area contributed by atoms with E-state index in [2.05, 4.69) is 0 Å². The highest BCUT2D eigenvalue weighted by atomic mass is 16.5. The van der Waals surface area contributed by atoms with Crippen LogP contribution in [0.5, 0.6) is 0 Å². The summed E-state index contributed by atoms with van der Waals surface area (Å²) in [4.78, 5) is 20.4. The summed E-state index contributed by atoms with van der Waals surface area (Å²) >= 11 is 0. The molecule has 5 N–H and O–H groups in total. The summed E-state index contributed by atoms with van der Waals surface area (Å²) in [6, 6.07) is 0. The first-order valence-electron chi connectivity index (χ1n) is 3.06. The van der Waals surface area contributed by atoms with E-state index in [1.807, 2.05) is 0 Å². The van der Waals surface area contributed by atoms with Crippen molar-refractivity contribution in [1.82, 2.24) is 0 Å². The molecule has 0 aromatic heterocycles. The Labute approximate surface area is 72.2 Å². The first-order valence-corrected chi connectivity index (χ1v) is 3.06. The molecule has 0 rings (SSSR count). The molecule has 1 atom stereocenters. The van der Waals surface area contributed by atoms with E-state index < -0.39 is 29.9 Å². The second-order valence-corrected chi connectivity index (χ2v) is 2.30. The highest BCUT2D eigenvalue weighted by Gasteiger charge is 2.37. The van der Waals surface area contributed by atoms with Crippen molar-refractivity contribution >= 4 is 11.9 Å². The standard InChI is InChI=1S/C6H8O7/c7-3(8)1-6(13,5(11)12)2-4(9)10/h1,7-8,13H,2H2,(H,9,10)(H,11,12)/t6-/m0/s1. The zero-order valence-electron chi connectivity index (χ0n) is 6.34. The Bertz CT molecular complexity index is 252. The number of hydrogen-bond acceptors (Lipinski definition) is 5. The lowest BCUT2D eigenvalue weighted by Crippen LogP contribution is -2.39. The van der Waals surface area contributed by atoms with Crippen molar-refractivity contribution in [2.24, 2.45) is 0 Å². The molecule has 0 aromatic rings. The van der Waals surface area contributed by atoms with Crippen LogP contribution >= 0.6 is 0 Å². The van der Waals surface area contributed by atoms with E-state index in [-0.39, 0.29) is 6.08 Å². The zero-order chi connectivity index (χ0) is 10.6. The largest absolute Gasteiger partial charge is 0.481 e. The highest BCUT2D eigenvalue weighted by Crippen LogP contribution is 2.13. The monoisotopic (exact) mass is 192 g/mol. The predicted octanol–water partition coefficient (Wildman–Crippen LogP) is -0.766. The smallest absolute Gasteiger partial charge is 0.340 e. The Morgan fingerprint density at radius 1 is 1.15 bits per heavy atom. The highest BCUT2D eigenvalue weighted by molar-refractivity contribution is 5.85. The van der Waals surface area contributed by atoms with Crippen LogP contribution in [0.3, 0.4) is 0 Å². The molecule has 7 heteroatoms. The van der Waals surface area contributed by atoms with Gasteiger partial charge in [0.05, 0.1) is 6.42 Å². The molecule has 74 valence electrons. The minimum Gasteiger partial charge on any atom is -0.481 e. The minimum absolute atomic E-state index is 0.128. The SMILES string of the molecule is O=C(O)C[C@@](O)(C=C(O)O)C(=O)O. The fourth-order valence-electron chi connectivity index (χ4n) is 0.633. The summed E-state index contributed by atoms with van der Waals surface area (Å²) in [5.74, 6) is -4.91. The molecule has 0 heterocycles. The Kier molecular flexibility index (Phi) is 3.25. The number of rotatable bonds is 4. The van der Waals surface area contributed by atoms with Crippen molar-refractivity contribution in [3.63, 3.8) is 0 Å². The third kappa shape index (κ3) is 3.43. The molecule has 0 unspecified atom stereocenters. The number of carboxylic acid groups (broad SMARTS) is 2. The van der Waals surface area contributed by atoms with Gasteiger partial charge in [-0.05, 0) is 0 Å². The van der Waals surface area contributed by atoms with Gasteiger partial charge in [-0.15, -0.1) is 0 Å². The van der Waals surface area contributed by atoms with Crippen LogP contribution in [-0.4, -0.2) is 43.1 Å². The first-order chi connectivity index (χ1) is 5.78. The van der Waals surface area contributed by atoms with Gasteiger partial charge < -0.3 is 25.5 Å². The van der Waals surface area contributed by atoms with Crippen LogP contribution in [0, 0.1) is 0 Å². The van der Waals surface area contributed by atoms with E-state index in [0.29, 0.717) is 0 Å². The number of aliphatic hydroxyl groups excluding tert-OH is 1. The van der Waals surface area contributed by atoms with E-state index in [9.17, 15) is 9.59 Å². The van der Waals surface area contributed by atoms with E-state index in [0.717, 1.165) is 0 Å². The lowest BCUT2D eigenvalue weighted by Gasteiger charge is -2.15. The number of hydrogen-bond donors (Lipinski definition) is 5. The normalized spacial score (nSPS) is 14.2. The molecule has 0 radical (unpaired) electrons. The second-order valence-electron chi connectivity index (χ2n) is 2.30. The summed E-state index contributed by atoms with van der Waals surface area (Å²) in [6.45, 7) is 0. The van der Waals surface area contributed by atoms with Crippen molar-refractivity contribution in [2.75, 3.05) is 0 Å². The van der Waals surface area contributed by atoms with Crippen molar-refractivity contribution in [3.8, 4) is 0 Å². The van der Waals surface area contributed by atoms with E-state index in [1.54, 1.807) is 0 Å². The first kappa shape index (κ1) is 11.2. The molecule has 13 heavy (non-hydrogen) atoms. The lowest BCUT2D eigenvalue weighted by molar-refractivity contribution is -0.160. The van der Waals surface area contributed by atoms with Crippen molar-refractivity contribution in [2.45, 2.75) is 12.0 Å². The Balaban J connectivity index is 4.84. The van der Waals surface area contributed by atoms with E-state index in [4.69, 9.17) is 25.5 Å². The molecule has 0 aliphatic rings. The zero-order valence-corrected chi connectivity index (χ0v) is 6.34. The molecular formula is C6H8O7. The van der Waals surface area contributed by atoms with Gasteiger partial charge in [-0.25, -0.2) is 4.79 Å². The van der Waals surface area contributed by atoms with Gasteiger partial charge in [-0.3, -0.25) is 4.79 Å². The van der Waals surface area contributed by atoms with Crippen LogP contribution in [0.25, 0.3) is 0 Å². The van der Waals surface area contributed by atoms with E-state index in [1.165, 1.54) is 0 Å². The van der Waals surface area contributed by atoms with Crippen molar-refractivity contribution in [3.05, 3.63) is 12.0 Å². The molecule has 0 bridgehead atoms. The summed E-state index contributed by atoms with van der Waals surface area (Å²) in [7, 11) is 0. The summed E-state index contributed by atoms with van der Waals surface area (Å²) in [5, 5.41) is 42.1. The van der Waals surface area contributed by atoms with Crippen LogP contribution in [0.2, 0.25) is 0 Å². The molecule has 0 aliphatic carbocycles. The van der Waals surface area contributed by atoms with Crippen LogP contribution in [-0.2, 0) is 9.59 Å². The third-order valence-corrected chi connectivity index (χ3v) is 1.16. The van der Waals surface area contributed by atoms with Gasteiger partial charge in [0.15, 0.2) is 5.60 Å². The van der Waals surface area contributed by atoms with Crippen molar-refractivity contribution in [1.29, 1.82) is 0 Å². The fourth-order valence-corrected chi connectivity index (χ4v) is 0.633. The number of carbonyl (C=O) groups is 2. The molecule has 0 aromatic carbocycles. The minimum atomic E-state index is -2.80. The molecule has 0 saturated heterocycles. The lowest BCUT2D eigenvalue weighted by atomic mass is 10.0. The van der Waals surface area contributed by atoms with Gasteiger partial charge in [-0.1, -0.05) is 0 Å². The quantitative estimate of drug-likeness (QED) is 0.369. The number of aliphatic carboxylic acids is 2. The summed E-state index contributed by atoms with van der Waals surface area (Å²) in [5.41, 5.74) is -2.80. The van der Waals surface area contributed by atoms with Crippen LogP contribution in [0.4, 0.5) is 0 Å². The second kappa shape index (κ2) is 3.76. The van der Waals surface area contributed by atoms with Crippen LogP contribution < -0.4 is 0 Å². The molecule has 0 spiro atoms. The third-order valence-electron chi connectivity index (χ3n) is 1.16. The average molecular weight is 192 g/mol. The molecule has 0 saturated carbocycles. The topological polar surface area (TPSA) is 135 Å². The molecule has 0 aliphatic heterocycles. The molecule has 0 amide bonds. The molecule has 7 nitrogen and oxygen atoms in total. The van der Waals surface area contributed by atoms with Gasteiger partial charge >= 0.3 is 11.9 Å². The average Bonchev–Trinajstić information content (AvgIpc) is 1.82. The number of carboxylic acids is 2. The van der Waals surface area contributed by atoms with Gasteiger partial charge in [0.2, 0.25) is 0 Å². The van der Waals surface area contributed by atoms with Gasteiger partial charge in [0.1, 0.15) is 0 Å². The van der Waals surface area contributed by atoms with Gasteiger partial charge in [0, 0.05) is 6.08 Å². The van der Waals surface area contributed by atoms with Crippen LogP contribution in [0.1, 0.15) is 6.42 Å². The molecular weight excluding hydrogens is 184 g/mol. The summed E-state index contributed by atoms with van der Waals surface area (Å²) in [6.07, 6.45) is -1.03. The maximum Gasteiger partial charge on any atom is 0.340 e. The fraction of sp³-hybridized carbons (Fsp3) is 0.333. The van der Waals surface area contributed by atoms with Crippen LogP contribution in [0.15, 0.2) is 12.0 Å². The van der Waals surface area contributed by atoms with Crippen molar-refractivity contribution < 1.29 is 35.1 Å². The Hall–Kier alpha value is -1.76. The number of aliphatic hydroxyl groups is 3. The Morgan fingerprint density at radius 2 is 1.62 bits per heavy atom. The maximum atomic E-state index is 10.3.